The van der Waals surface area contributed by atoms with Crippen LogP contribution in [0, 0.1) is 6.92 Å². The molecule has 0 aromatic carbocycles. The van der Waals surface area contributed by atoms with Crippen LogP contribution in [0.4, 0.5) is 0 Å². The maximum absolute atomic E-state index is 10.7. The van der Waals surface area contributed by atoms with Crippen LogP contribution in [0.5, 0.6) is 0 Å². The van der Waals surface area contributed by atoms with Crippen molar-refractivity contribution in [1.29, 1.82) is 0 Å². The smallest absolute Gasteiger partial charge is 0.313 e. The quantitative estimate of drug-likeness (QED) is 0.828. The molecule has 2 heterocycles. The lowest BCUT2D eigenvalue weighted by Gasteiger charge is -2.12. The molecule has 2 aromatic heterocycles. The van der Waals surface area contributed by atoms with Crippen molar-refractivity contribution in [3.8, 4) is 0 Å². The molecule has 0 fully saturated rings. The largest absolute Gasteiger partial charge is 0.481 e. The number of thioether (sulfide) groups is 1. The molecule has 0 spiro atoms. The van der Waals surface area contributed by atoms with Crippen LogP contribution in [-0.2, 0) is 17.8 Å². The predicted octanol–water partition coefficient (Wildman–Crippen LogP) is 2.37. The number of hydrogen-bond acceptors (Lipinski definition) is 4. The van der Waals surface area contributed by atoms with Crippen LogP contribution in [0.15, 0.2) is 29.8 Å². The molecule has 2 aromatic rings. The van der Waals surface area contributed by atoms with Crippen molar-refractivity contribution < 1.29 is 9.90 Å². The van der Waals surface area contributed by atoms with E-state index in [1.54, 1.807) is 6.20 Å². The van der Waals surface area contributed by atoms with E-state index in [2.05, 4.69) is 21.5 Å². The average molecular weight is 291 g/mol. The van der Waals surface area contributed by atoms with Gasteiger partial charge < -0.3 is 9.67 Å². The molecule has 106 valence electrons. The molecule has 5 nitrogen and oxygen atoms in total. The second-order valence-corrected chi connectivity index (χ2v) is 5.40. The lowest BCUT2D eigenvalue weighted by atomic mass is 10.1. The molecule has 0 amide bonds. The third-order valence-corrected chi connectivity index (χ3v) is 4.03. The third-order valence-electron chi connectivity index (χ3n) is 3.05. The number of hydrogen-bond donors (Lipinski definition) is 1. The topological polar surface area (TPSA) is 68.0 Å². The number of imidazole rings is 1. The number of carbonyl (C=O) groups is 1. The van der Waals surface area contributed by atoms with E-state index < -0.39 is 5.97 Å². The molecule has 2 rings (SSSR count). The zero-order valence-corrected chi connectivity index (χ0v) is 12.4. The molecule has 0 unspecified atom stereocenters. The van der Waals surface area contributed by atoms with Crippen molar-refractivity contribution in [2.45, 2.75) is 32.0 Å². The van der Waals surface area contributed by atoms with Crippen LogP contribution in [-0.4, -0.2) is 31.4 Å². The normalized spacial score (nSPS) is 10.7. The summed E-state index contributed by atoms with van der Waals surface area (Å²) in [4.78, 5) is 19.1. The van der Waals surface area contributed by atoms with Gasteiger partial charge in [-0.1, -0.05) is 18.7 Å². The number of carboxylic acids is 1. The van der Waals surface area contributed by atoms with Crippen LogP contribution in [0.25, 0.3) is 0 Å². The minimum absolute atomic E-state index is 0.0233. The summed E-state index contributed by atoms with van der Waals surface area (Å²) in [5.41, 5.74) is 3.40. The van der Waals surface area contributed by atoms with Crippen LogP contribution >= 0.6 is 11.8 Å². The number of aliphatic carboxylic acids is 1. The first kappa shape index (κ1) is 14.6. The number of nitrogens with zero attached hydrogens (tertiary/aromatic N) is 3. The van der Waals surface area contributed by atoms with Crippen molar-refractivity contribution in [1.82, 2.24) is 14.5 Å². The van der Waals surface area contributed by atoms with Crippen LogP contribution in [0.3, 0.4) is 0 Å². The highest BCUT2D eigenvalue weighted by Gasteiger charge is 2.12. The van der Waals surface area contributed by atoms with Crippen molar-refractivity contribution in [2.24, 2.45) is 0 Å². The Balaban J connectivity index is 2.27. The summed E-state index contributed by atoms with van der Waals surface area (Å²) in [7, 11) is 0. The Morgan fingerprint density at radius 3 is 2.90 bits per heavy atom. The van der Waals surface area contributed by atoms with Crippen molar-refractivity contribution in [3.63, 3.8) is 0 Å². The van der Waals surface area contributed by atoms with Crippen molar-refractivity contribution in [3.05, 3.63) is 41.5 Å². The highest BCUT2D eigenvalue weighted by Crippen LogP contribution is 2.21. The van der Waals surface area contributed by atoms with Gasteiger partial charge in [-0.25, -0.2) is 4.98 Å². The number of aromatic nitrogens is 3. The monoisotopic (exact) mass is 291 g/mol. The summed E-state index contributed by atoms with van der Waals surface area (Å²) in [6.45, 7) is 4.78. The summed E-state index contributed by atoms with van der Waals surface area (Å²) < 4.78 is 2.08. The van der Waals surface area contributed by atoms with Gasteiger partial charge in [0.05, 0.1) is 12.3 Å². The van der Waals surface area contributed by atoms with Gasteiger partial charge in [-0.15, -0.1) is 0 Å². The van der Waals surface area contributed by atoms with Gasteiger partial charge in [0.25, 0.3) is 0 Å². The van der Waals surface area contributed by atoms with Gasteiger partial charge in [-0.05, 0) is 30.5 Å². The maximum Gasteiger partial charge on any atom is 0.313 e. The Kier molecular flexibility index (Phi) is 4.79. The molecule has 1 N–H and O–H groups in total. The molecule has 0 bridgehead atoms. The van der Waals surface area contributed by atoms with E-state index in [1.807, 2.05) is 25.4 Å². The van der Waals surface area contributed by atoms with E-state index in [1.165, 1.54) is 17.3 Å². The van der Waals surface area contributed by atoms with Crippen molar-refractivity contribution >= 4 is 17.7 Å². The molecule has 6 heteroatoms. The van der Waals surface area contributed by atoms with E-state index in [-0.39, 0.29) is 5.75 Å². The zero-order chi connectivity index (χ0) is 14.5. The standard InChI is InChI=1S/C14H17N3O2S/c1-3-12-7-16-14(20-9-13(18)19)17(12)8-11-4-5-15-6-10(11)2/h4-7H,3,8-9H2,1-2H3,(H,18,19). The molecule has 0 saturated heterocycles. The SMILES string of the molecule is CCc1cnc(SCC(=O)O)n1Cc1ccncc1C. The first-order valence-electron chi connectivity index (χ1n) is 6.40. The van der Waals surface area contributed by atoms with Crippen molar-refractivity contribution in [2.75, 3.05) is 5.75 Å². The second kappa shape index (κ2) is 6.56. The van der Waals surface area contributed by atoms with Gasteiger partial charge in [0.2, 0.25) is 0 Å². The molecular weight excluding hydrogens is 274 g/mol. The number of carboxylic acid groups (broad SMARTS) is 1. The maximum atomic E-state index is 10.7. The van der Waals surface area contributed by atoms with E-state index in [0.717, 1.165) is 22.8 Å². The Hall–Kier alpha value is -1.82. The van der Waals surface area contributed by atoms with Crippen LogP contribution < -0.4 is 0 Å². The van der Waals surface area contributed by atoms with Crippen LogP contribution in [0.2, 0.25) is 0 Å². The molecule has 0 aliphatic rings. The summed E-state index contributed by atoms with van der Waals surface area (Å²) in [5.74, 6) is -0.808. The average Bonchev–Trinajstić information content (AvgIpc) is 2.81. The highest BCUT2D eigenvalue weighted by atomic mass is 32.2. The van der Waals surface area contributed by atoms with Gasteiger partial charge in [-0.2, -0.15) is 0 Å². The fraction of sp³-hybridized carbons (Fsp3) is 0.357. The van der Waals surface area contributed by atoms with Gasteiger partial charge in [0, 0.05) is 24.3 Å². The predicted molar refractivity (Wildman–Crippen MR) is 78.0 cm³/mol. The molecule has 0 radical (unpaired) electrons. The summed E-state index contributed by atoms with van der Waals surface area (Å²) in [6.07, 6.45) is 6.29. The van der Waals surface area contributed by atoms with E-state index >= 15 is 0 Å². The van der Waals surface area contributed by atoms with E-state index in [4.69, 9.17) is 5.11 Å². The first-order chi connectivity index (χ1) is 9.61. The number of pyridine rings is 1. The van der Waals surface area contributed by atoms with E-state index in [0.29, 0.717) is 6.54 Å². The molecule has 0 aliphatic carbocycles. The van der Waals surface area contributed by atoms with E-state index in [9.17, 15) is 4.79 Å². The Morgan fingerprint density at radius 1 is 1.45 bits per heavy atom. The van der Waals surface area contributed by atoms with Crippen LogP contribution in [0.1, 0.15) is 23.7 Å². The Morgan fingerprint density at radius 2 is 2.25 bits per heavy atom. The van der Waals surface area contributed by atoms with Gasteiger partial charge in [-0.3, -0.25) is 9.78 Å². The first-order valence-corrected chi connectivity index (χ1v) is 7.38. The Labute approximate surface area is 122 Å². The fourth-order valence-electron chi connectivity index (χ4n) is 1.93. The summed E-state index contributed by atoms with van der Waals surface area (Å²) in [6, 6.07) is 1.99. The molecule has 0 saturated carbocycles. The Bertz CT molecular complexity index is 610. The molecular formula is C14H17N3O2S. The summed E-state index contributed by atoms with van der Waals surface area (Å²) in [5, 5.41) is 9.55. The minimum Gasteiger partial charge on any atom is -0.481 e. The number of rotatable bonds is 6. The molecule has 20 heavy (non-hydrogen) atoms. The zero-order valence-electron chi connectivity index (χ0n) is 11.5. The highest BCUT2D eigenvalue weighted by molar-refractivity contribution is 7.99. The second-order valence-electron chi connectivity index (χ2n) is 4.46. The van der Waals surface area contributed by atoms with Gasteiger partial charge in [0.15, 0.2) is 5.16 Å². The third kappa shape index (κ3) is 3.39. The van der Waals surface area contributed by atoms with Gasteiger partial charge >= 0.3 is 5.97 Å². The summed E-state index contributed by atoms with van der Waals surface area (Å²) >= 11 is 1.25. The molecule has 0 atom stereocenters. The van der Waals surface area contributed by atoms with Gasteiger partial charge in [0.1, 0.15) is 0 Å². The fourth-order valence-corrected chi connectivity index (χ4v) is 2.65. The minimum atomic E-state index is -0.831. The number of aryl methyl sites for hydroxylation is 2. The lowest BCUT2D eigenvalue weighted by Crippen LogP contribution is -2.08. The molecule has 0 aliphatic heterocycles. The lowest BCUT2D eigenvalue weighted by molar-refractivity contribution is -0.133.